The van der Waals surface area contributed by atoms with E-state index in [9.17, 15) is 9.59 Å². The second-order valence-electron chi connectivity index (χ2n) is 3.42. The molecule has 76 valence electrons. The molecule has 0 spiro atoms. The van der Waals surface area contributed by atoms with E-state index in [1.54, 1.807) is 6.92 Å². The largest absolute Gasteiger partial charge is 0.481 e. The summed E-state index contributed by atoms with van der Waals surface area (Å²) in [6.45, 7) is 5.48. The van der Waals surface area contributed by atoms with Gasteiger partial charge in [0, 0.05) is 12.3 Å². The van der Waals surface area contributed by atoms with E-state index in [4.69, 9.17) is 5.11 Å². The van der Waals surface area contributed by atoms with Gasteiger partial charge in [0.1, 0.15) is 5.78 Å². The predicted octanol–water partition coefficient (Wildman–Crippen LogP) is 2.10. The highest BCUT2D eigenvalue weighted by Crippen LogP contribution is 2.14. The van der Waals surface area contributed by atoms with Crippen molar-refractivity contribution in [2.24, 2.45) is 11.8 Å². The van der Waals surface area contributed by atoms with Crippen molar-refractivity contribution in [1.29, 1.82) is 0 Å². The van der Waals surface area contributed by atoms with E-state index in [0.717, 1.165) is 12.8 Å². The molecule has 0 saturated heterocycles. The van der Waals surface area contributed by atoms with Crippen molar-refractivity contribution >= 4 is 11.8 Å². The molecule has 3 nitrogen and oxygen atoms in total. The Labute approximate surface area is 79.1 Å². The van der Waals surface area contributed by atoms with E-state index in [2.05, 4.69) is 0 Å². The Balaban J connectivity index is 4.05. The van der Waals surface area contributed by atoms with Gasteiger partial charge in [-0.05, 0) is 12.8 Å². The molecule has 0 amide bonds. The number of aliphatic carboxylic acids is 1. The molecule has 1 atom stereocenters. The summed E-state index contributed by atoms with van der Waals surface area (Å²) in [5.74, 6) is -1.31. The summed E-state index contributed by atoms with van der Waals surface area (Å²) in [4.78, 5) is 21.9. The molecule has 1 unspecified atom stereocenters. The Morgan fingerprint density at radius 3 is 2.00 bits per heavy atom. The SMILES string of the molecule is CCC(CC)C(=O)CC(C)C(=O)O. The van der Waals surface area contributed by atoms with E-state index >= 15 is 0 Å². The number of hydrogen-bond donors (Lipinski definition) is 1. The molecule has 0 aromatic carbocycles. The Morgan fingerprint density at radius 1 is 1.23 bits per heavy atom. The van der Waals surface area contributed by atoms with Crippen LogP contribution < -0.4 is 0 Å². The molecule has 0 aliphatic heterocycles. The topological polar surface area (TPSA) is 54.4 Å². The molecule has 1 N–H and O–H groups in total. The second kappa shape index (κ2) is 5.73. The lowest BCUT2D eigenvalue weighted by Crippen LogP contribution is -2.20. The lowest BCUT2D eigenvalue weighted by molar-refractivity contribution is -0.143. The third-order valence-electron chi connectivity index (χ3n) is 2.37. The van der Waals surface area contributed by atoms with Crippen LogP contribution in [-0.2, 0) is 9.59 Å². The molecule has 0 saturated carbocycles. The zero-order valence-corrected chi connectivity index (χ0v) is 8.54. The van der Waals surface area contributed by atoms with E-state index in [1.807, 2.05) is 13.8 Å². The average Bonchev–Trinajstić information content (AvgIpc) is 2.06. The highest BCUT2D eigenvalue weighted by atomic mass is 16.4. The van der Waals surface area contributed by atoms with E-state index in [0.29, 0.717) is 0 Å². The minimum absolute atomic E-state index is 0.0433. The molecule has 0 fully saturated rings. The van der Waals surface area contributed by atoms with Gasteiger partial charge in [-0.2, -0.15) is 0 Å². The Bertz CT molecular complexity index is 183. The molecule has 0 aromatic heterocycles. The van der Waals surface area contributed by atoms with Crippen LogP contribution in [0.15, 0.2) is 0 Å². The predicted molar refractivity (Wildman–Crippen MR) is 50.5 cm³/mol. The molecule has 0 radical (unpaired) electrons. The highest BCUT2D eigenvalue weighted by Gasteiger charge is 2.20. The lowest BCUT2D eigenvalue weighted by atomic mass is 9.92. The first-order valence-electron chi connectivity index (χ1n) is 4.78. The monoisotopic (exact) mass is 186 g/mol. The van der Waals surface area contributed by atoms with Gasteiger partial charge in [0.2, 0.25) is 0 Å². The van der Waals surface area contributed by atoms with Crippen LogP contribution in [0, 0.1) is 11.8 Å². The number of carbonyl (C=O) groups is 2. The van der Waals surface area contributed by atoms with Crippen molar-refractivity contribution < 1.29 is 14.7 Å². The number of rotatable bonds is 6. The Hall–Kier alpha value is -0.860. The molecular weight excluding hydrogens is 168 g/mol. The summed E-state index contributed by atoms with van der Waals surface area (Å²) in [5, 5.41) is 8.61. The molecule has 0 heterocycles. The number of carboxylic acids is 1. The summed E-state index contributed by atoms with van der Waals surface area (Å²) in [6.07, 6.45) is 1.78. The summed E-state index contributed by atoms with van der Waals surface area (Å²) in [5.41, 5.74) is 0. The first-order valence-corrected chi connectivity index (χ1v) is 4.78. The molecule has 0 aliphatic rings. The fourth-order valence-electron chi connectivity index (χ4n) is 1.30. The first-order chi connectivity index (χ1) is 6.02. The number of hydrogen-bond acceptors (Lipinski definition) is 2. The minimum atomic E-state index is -0.890. The number of carboxylic acid groups (broad SMARTS) is 1. The van der Waals surface area contributed by atoms with Gasteiger partial charge in [-0.25, -0.2) is 0 Å². The van der Waals surface area contributed by atoms with E-state index < -0.39 is 11.9 Å². The third kappa shape index (κ3) is 4.06. The van der Waals surface area contributed by atoms with Crippen LogP contribution in [0.5, 0.6) is 0 Å². The van der Waals surface area contributed by atoms with Gasteiger partial charge in [0.25, 0.3) is 0 Å². The maximum absolute atomic E-state index is 11.5. The van der Waals surface area contributed by atoms with Crippen molar-refractivity contribution in [2.75, 3.05) is 0 Å². The summed E-state index contributed by atoms with van der Waals surface area (Å²) < 4.78 is 0. The van der Waals surface area contributed by atoms with Crippen LogP contribution in [0.2, 0.25) is 0 Å². The van der Waals surface area contributed by atoms with Gasteiger partial charge in [-0.3, -0.25) is 9.59 Å². The van der Waals surface area contributed by atoms with Crippen LogP contribution in [0.3, 0.4) is 0 Å². The highest BCUT2D eigenvalue weighted by molar-refractivity contribution is 5.85. The zero-order chi connectivity index (χ0) is 10.4. The maximum Gasteiger partial charge on any atom is 0.306 e. The van der Waals surface area contributed by atoms with Crippen LogP contribution >= 0.6 is 0 Å². The summed E-state index contributed by atoms with van der Waals surface area (Å²) in [6, 6.07) is 0. The second-order valence-corrected chi connectivity index (χ2v) is 3.42. The quantitative estimate of drug-likeness (QED) is 0.691. The van der Waals surface area contributed by atoms with Gasteiger partial charge >= 0.3 is 5.97 Å². The molecule has 3 heteroatoms. The van der Waals surface area contributed by atoms with Crippen molar-refractivity contribution in [3.05, 3.63) is 0 Å². The molecule has 0 rings (SSSR count). The lowest BCUT2D eigenvalue weighted by Gasteiger charge is -2.12. The summed E-state index contributed by atoms with van der Waals surface area (Å²) >= 11 is 0. The number of ketones is 1. The fraction of sp³-hybridized carbons (Fsp3) is 0.800. The van der Waals surface area contributed by atoms with Crippen molar-refractivity contribution in [2.45, 2.75) is 40.0 Å². The molecular formula is C10H18O3. The standard InChI is InChI=1S/C10H18O3/c1-4-8(5-2)9(11)6-7(3)10(12)13/h7-8H,4-6H2,1-3H3,(H,12,13). The van der Waals surface area contributed by atoms with Crippen LogP contribution in [0.1, 0.15) is 40.0 Å². The van der Waals surface area contributed by atoms with E-state index in [1.165, 1.54) is 0 Å². The normalized spacial score (nSPS) is 12.9. The number of carbonyl (C=O) groups excluding carboxylic acids is 1. The van der Waals surface area contributed by atoms with Gasteiger partial charge < -0.3 is 5.11 Å². The minimum Gasteiger partial charge on any atom is -0.481 e. The fourth-order valence-corrected chi connectivity index (χ4v) is 1.30. The van der Waals surface area contributed by atoms with Gasteiger partial charge in [-0.1, -0.05) is 20.8 Å². The van der Waals surface area contributed by atoms with Crippen LogP contribution in [0.4, 0.5) is 0 Å². The van der Waals surface area contributed by atoms with E-state index in [-0.39, 0.29) is 18.1 Å². The maximum atomic E-state index is 11.5. The first kappa shape index (κ1) is 12.1. The smallest absolute Gasteiger partial charge is 0.306 e. The average molecular weight is 186 g/mol. The Kier molecular flexibility index (Phi) is 5.35. The van der Waals surface area contributed by atoms with Crippen LogP contribution in [-0.4, -0.2) is 16.9 Å². The number of Topliss-reactive ketones (excluding diaryl/α,β-unsaturated/α-hetero) is 1. The third-order valence-corrected chi connectivity index (χ3v) is 2.37. The molecule has 0 aromatic rings. The molecule has 13 heavy (non-hydrogen) atoms. The Morgan fingerprint density at radius 2 is 1.69 bits per heavy atom. The summed E-state index contributed by atoms with van der Waals surface area (Å²) in [7, 11) is 0. The molecule has 0 bridgehead atoms. The van der Waals surface area contributed by atoms with Crippen molar-refractivity contribution in [3.63, 3.8) is 0 Å². The van der Waals surface area contributed by atoms with Gasteiger partial charge in [0.15, 0.2) is 0 Å². The van der Waals surface area contributed by atoms with Crippen LogP contribution in [0.25, 0.3) is 0 Å². The van der Waals surface area contributed by atoms with Gasteiger partial charge in [0.05, 0.1) is 5.92 Å². The molecule has 0 aliphatic carbocycles. The van der Waals surface area contributed by atoms with Gasteiger partial charge in [-0.15, -0.1) is 0 Å². The van der Waals surface area contributed by atoms with Crippen molar-refractivity contribution in [3.8, 4) is 0 Å². The van der Waals surface area contributed by atoms with Crippen molar-refractivity contribution in [1.82, 2.24) is 0 Å². The zero-order valence-electron chi connectivity index (χ0n) is 8.54.